The van der Waals surface area contributed by atoms with Crippen LogP contribution in [0.4, 0.5) is 13.2 Å². The summed E-state index contributed by atoms with van der Waals surface area (Å²) < 4.78 is 54.0. The summed E-state index contributed by atoms with van der Waals surface area (Å²) in [6, 6.07) is 3.20. The molecule has 2 aromatic rings. The fraction of sp³-hybridized carbons (Fsp3) is 0.375. The number of hydrogen-bond acceptors (Lipinski definition) is 8. The summed E-state index contributed by atoms with van der Waals surface area (Å²) in [7, 11) is 0. The van der Waals surface area contributed by atoms with Gasteiger partial charge in [0, 0.05) is 17.5 Å². The number of ether oxygens (including phenoxy) is 2. The molecule has 4 N–H and O–H groups in total. The van der Waals surface area contributed by atoms with Crippen LogP contribution in [0.25, 0.3) is 11.0 Å². The Balaban J connectivity index is 1.94. The molecule has 1 aliphatic heterocycles. The van der Waals surface area contributed by atoms with Crippen LogP contribution in [0.3, 0.4) is 0 Å². The van der Waals surface area contributed by atoms with Gasteiger partial charge in [-0.2, -0.15) is 13.2 Å². The average molecular weight is 406 g/mol. The molecule has 1 aliphatic rings. The normalized spacial score (nSPS) is 28.3. The molecule has 0 unspecified atom stereocenters. The highest BCUT2D eigenvalue weighted by Gasteiger charge is 2.48. The molecule has 0 saturated carbocycles. The second-order valence-corrected chi connectivity index (χ2v) is 5.99. The van der Waals surface area contributed by atoms with Crippen molar-refractivity contribution in [2.75, 3.05) is 0 Å². The SMILES string of the molecule is O=C(O)[C@H]1O[C@@H](Oc2ccc3c(C(F)(F)F)cc(=O)oc3c2)[C@H](O)[C@@H](O)[C@@H]1O. The van der Waals surface area contributed by atoms with Crippen molar-refractivity contribution in [1.29, 1.82) is 0 Å². The summed E-state index contributed by atoms with van der Waals surface area (Å²) in [4.78, 5) is 22.5. The van der Waals surface area contributed by atoms with Crippen LogP contribution in [0.1, 0.15) is 5.56 Å². The van der Waals surface area contributed by atoms with Gasteiger partial charge in [0.15, 0.2) is 6.10 Å². The van der Waals surface area contributed by atoms with Crippen LogP contribution in [-0.4, -0.2) is 57.1 Å². The van der Waals surface area contributed by atoms with Gasteiger partial charge in [-0.25, -0.2) is 9.59 Å². The lowest BCUT2D eigenvalue weighted by Gasteiger charge is -2.38. The number of benzene rings is 1. The minimum atomic E-state index is -4.81. The summed E-state index contributed by atoms with van der Waals surface area (Å²) in [5, 5.41) is 37.8. The van der Waals surface area contributed by atoms with E-state index in [1.54, 1.807) is 0 Å². The molecule has 9 nitrogen and oxygen atoms in total. The molecule has 0 aliphatic carbocycles. The predicted octanol–water partition coefficient (Wildman–Crippen LogP) is 0.0828. The summed E-state index contributed by atoms with van der Waals surface area (Å²) in [6.45, 7) is 0. The Labute approximate surface area is 153 Å². The zero-order valence-electron chi connectivity index (χ0n) is 13.7. The fourth-order valence-electron chi connectivity index (χ4n) is 2.73. The van der Waals surface area contributed by atoms with E-state index >= 15 is 0 Å². The van der Waals surface area contributed by atoms with Crippen LogP contribution in [0, 0.1) is 0 Å². The maximum Gasteiger partial charge on any atom is 0.417 e. The zero-order valence-corrected chi connectivity index (χ0v) is 13.7. The second-order valence-electron chi connectivity index (χ2n) is 5.99. The lowest BCUT2D eigenvalue weighted by atomic mass is 9.99. The molecule has 1 fully saturated rings. The number of aliphatic hydroxyl groups excluding tert-OH is 3. The number of aliphatic hydroxyl groups is 3. The molecular formula is C16H13F3O9. The first kappa shape index (κ1) is 20.1. The van der Waals surface area contributed by atoms with E-state index in [4.69, 9.17) is 19.0 Å². The first-order valence-electron chi connectivity index (χ1n) is 7.73. The van der Waals surface area contributed by atoms with Gasteiger partial charge >= 0.3 is 17.8 Å². The van der Waals surface area contributed by atoms with Crippen LogP contribution >= 0.6 is 0 Å². The van der Waals surface area contributed by atoms with E-state index in [0.717, 1.165) is 18.2 Å². The van der Waals surface area contributed by atoms with E-state index in [-0.39, 0.29) is 5.75 Å². The van der Waals surface area contributed by atoms with Crippen molar-refractivity contribution in [1.82, 2.24) is 0 Å². The molecule has 12 heteroatoms. The number of rotatable bonds is 3. The number of alkyl halides is 3. The fourth-order valence-corrected chi connectivity index (χ4v) is 2.73. The molecule has 3 rings (SSSR count). The quantitative estimate of drug-likeness (QED) is 0.521. The predicted molar refractivity (Wildman–Crippen MR) is 82.4 cm³/mol. The number of carboxylic acid groups (broad SMARTS) is 1. The van der Waals surface area contributed by atoms with Gasteiger partial charge in [-0.3, -0.25) is 0 Å². The Morgan fingerprint density at radius 3 is 2.36 bits per heavy atom. The maximum absolute atomic E-state index is 13.0. The third kappa shape index (κ3) is 3.67. The number of halogens is 3. The topological polar surface area (TPSA) is 147 Å². The van der Waals surface area contributed by atoms with E-state index in [0.29, 0.717) is 6.07 Å². The Hall–Kier alpha value is -2.67. The molecule has 0 radical (unpaired) electrons. The number of carbonyl (C=O) groups is 1. The van der Waals surface area contributed by atoms with Crippen molar-refractivity contribution in [3.05, 3.63) is 40.2 Å². The van der Waals surface area contributed by atoms with Gasteiger partial charge in [-0.15, -0.1) is 0 Å². The molecule has 1 aromatic heterocycles. The highest BCUT2D eigenvalue weighted by Crippen LogP contribution is 2.35. The summed E-state index contributed by atoms with van der Waals surface area (Å²) in [6.07, 6.45) is -14.2. The van der Waals surface area contributed by atoms with E-state index in [2.05, 4.69) is 0 Å². The van der Waals surface area contributed by atoms with Crippen LogP contribution in [0.2, 0.25) is 0 Å². The lowest BCUT2D eigenvalue weighted by molar-refractivity contribution is -0.271. The smallest absolute Gasteiger partial charge is 0.417 e. The monoisotopic (exact) mass is 406 g/mol. The van der Waals surface area contributed by atoms with Crippen molar-refractivity contribution in [3.8, 4) is 5.75 Å². The Morgan fingerprint density at radius 1 is 1.07 bits per heavy atom. The van der Waals surface area contributed by atoms with Crippen molar-refractivity contribution < 1.29 is 52.3 Å². The van der Waals surface area contributed by atoms with E-state index in [1.807, 2.05) is 0 Å². The molecule has 28 heavy (non-hydrogen) atoms. The molecule has 152 valence electrons. The van der Waals surface area contributed by atoms with Crippen molar-refractivity contribution >= 4 is 16.9 Å². The maximum atomic E-state index is 13.0. The number of hydrogen-bond donors (Lipinski definition) is 4. The van der Waals surface area contributed by atoms with Crippen LogP contribution < -0.4 is 10.4 Å². The highest BCUT2D eigenvalue weighted by atomic mass is 19.4. The molecule has 2 heterocycles. The Morgan fingerprint density at radius 2 is 1.75 bits per heavy atom. The van der Waals surface area contributed by atoms with Gasteiger partial charge in [-0.1, -0.05) is 0 Å². The van der Waals surface area contributed by atoms with Gasteiger partial charge in [0.1, 0.15) is 29.6 Å². The minimum absolute atomic E-state index is 0.244. The molecule has 0 spiro atoms. The van der Waals surface area contributed by atoms with Gasteiger partial charge in [-0.05, 0) is 12.1 Å². The van der Waals surface area contributed by atoms with Crippen LogP contribution in [-0.2, 0) is 15.7 Å². The first-order chi connectivity index (χ1) is 13.0. The Kier molecular flexibility index (Phi) is 5.06. The molecule has 5 atom stereocenters. The molecule has 1 aromatic carbocycles. The van der Waals surface area contributed by atoms with Crippen LogP contribution in [0.15, 0.2) is 33.5 Å². The first-order valence-corrected chi connectivity index (χ1v) is 7.73. The van der Waals surface area contributed by atoms with E-state index in [9.17, 15) is 38.1 Å². The third-order valence-corrected chi connectivity index (χ3v) is 4.09. The molecule has 0 amide bonds. The number of carboxylic acids is 1. The van der Waals surface area contributed by atoms with Gasteiger partial charge in [0.25, 0.3) is 0 Å². The Bertz CT molecular complexity index is 955. The van der Waals surface area contributed by atoms with Crippen molar-refractivity contribution in [2.45, 2.75) is 36.9 Å². The largest absolute Gasteiger partial charge is 0.479 e. The number of aliphatic carboxylic acids is 1. The van der Waals surface area contributed by atoms with Crippen molar-refractivity contribution in [3.63, 3.8) is 0 Å². The van der Waals surface area contributed by atoms with Gasteiger partial charge in [0.2, 0.25) is 6.29 Å². The third-order valence-electron chi connectivity index (χ3n) is 4.09. The lowest BCUT2D eigenvalue weighted by Crippen LogP contribution is -2.61. The van der Waals surface area contributed by atoms with Crippen LogP contribution in [0.5, 0.6) is 5.75 Å². The van der Waals surface area contributed by atoms with Gasteiger partial charge < -0.3 is 34.3 Å². The summed E-state index contributed by atoms with van der Waals surface area (Å²) >= 11 is 0. The molecule has 0 bridgehead atoms. The average Bonchev–Trinajstić information content (AvgIpc) is 2.60. The van der Waals surface area contributed by atoms with E-state index in [1.165, 1.54) is 0 Å². The van der Waals surface area contributed by atoms with Gasteiger partial charge in [0.05, 0.1) is 5.56 Å². The summed E-state index contributed by atoms with van der Waals surface area (Å²) in [5.74, 6) is -1.88. The second kappa shape index (κ2) is 7.05. The minimum Gasteiger partial charge on any atom is -0.479 e. The molecule has 1 saturated heterocycles. The standard InChI is InChI=1S/C16H13F3O9/c17-16(18,19)7-4-9(20)27-8-3-5(1-2-6(7)8)26-15-12(23)10(21)11(22)13(28-15)14(24)25/h1-4,10-13,15,21-23H,(H,24,25)/t10-,11-,12+,13-,15+/m0/s1. The highest BCUT2D eigenvalue weighted by molar-refractivity contribution is 5.82. The van der Waals surface area contributed by atoms with Crippen molar-refractivity contribution in [2.24, 2.45) is 0 Å². The zero-order chi connectivity index (χ0) is 20.8. The summed E-state index contributed by atoms with van der Waals surface area (Å²) in [5.41, 5.74) is -2.95. The van der Waals surface area contributed by atoms with E-state index < -0.39 is 65.0 Å². The number of fused-ring (bicyclic) bond motifs is 1. The molecular weight excluding hydrogens is 393 g/mol.